The van der Waals surface area contributed by atoms with E-state index < -0.39 is 5.97 Å². The lowest BCUT2D eigenvalue weighted by Crippen LogP contribution is -2.47. The van der Waals surface area contributed by atoms with E-state index >= 15 is 0 Å². The lowest BCUT2D eigenvalue weighted by Gasteiger charge is -2.35. The van der Waals surface area contributed by atoms with Crippen molar-refractivity contribution in [3.8, 4) is 0 Å². The molecule has 16 heavy (non-hydrogen) atoms. The summed E-state index contributed by atoms with van der Waals surface area (Å²) in [5.41, 5.74) is 0. The third-order valence-corrected chi connectivity index (χ3v) is 2.61. The lowest BCUT2D eigenvalue weighted by molar-refractivity contribution is -0.137. The maximum absolute atomic E-state index is 11.5. The van der Waals surface area contributed by atoms with Crippen molar-refractivity contribution in [2.24, 2.45) is 5.92 Å². The summed E-state index contributed by atoms with van der Waals surface area (Å²) in [5.74, 6) is -0.457. The van der Waals surface area contributed by atoms with Crippen LogP contribution in [0, 0.1) is 5.92 Å². The van der Waals surface area contributed by atoms with E-state index in [9.17, 15) is 9.59 Å². The molecule has 1 N–H and O–H groups in total. The van der Waals surface area contributed by atoms with Crippen molar-refractivity contribution < 1.29 is 19.4 Å². The van der Waals surface area contributed by atoms with Crippen molar-refractivity contribution in [2.75, 3.05) is 13.2 Å². The Balaban J connectivity index is 2.55. The number of ether oxygens (including phenoxy) is 1. The number of hydrogen-bond acceptors (Lipinski definition) is 3. The van der Waals surface area contributed by atoms with Crippen LogP contribution in [0.2, 0.25) is 0 Å². The van der Waals surface area contributed by atoms with Gasteiger partial charge in [-0.3, -0.25) is 4.79 Å². The van der Waals surface area contributed by atoms with Crippen LogP contribution in [0.15, 0.2) is 0 Å². The molecule has 0 spiro atoms. The maximum atomic E-state index is 11.5. The highest BCUT2D eigenvalue weighted by Gasteiger charge is 2.29. The van der Waals surface area contributed by atoms with Crippen LogP contribution in [0.1, 0.15) is 33.1 Å². The average molecular weight is 229 g/mol. The van der Waals surface area contributed by atoms with Crippen molar-refractivity contribution in [3.05, 3.63) is 0 Å². The highest BCUT2D eigenvalue weighted by atomic mass is 16.6. The molecule has 0 aromatic heterocycles. The first-order valence-electron chi connectivity index (χ1n) is 5.66. The van der Waals surface area contributed by atoms with E-state index in [0.717, 1.165) is 6.42 Å². The zero-order valence-electron chi connectivity index (χ0n) is 9.81. The predicted octanol–water partition coefficient (Wildman–Crippen LogP) is 1.72. The van der Waals surface area contributed by atoms with Gasteiger partial charge >= 0.3 is 12.1 Å². The second-order valence-electron chi connectivity index (χ2n) is 4.54. The molecule has 0 bridgehead atoms. The number of rotatable bonds is 5. The Morgan fingerprint density at radius 3 is 2.88 bits per heavy atom. The van der Waals surface area contributed by atoms with Crippen LogP contribution in [0.5, 0.6) is 0 Å². The number of carbonyl (C=O) groups excluding carboxylic acids is 1. The second kappa shape index (κ2) is 5.72. The van der Waals surface area contributed by atoms with Gasteiger partial charge in [-0.15, -0.1) is 0 Å². The molecule has 0 radical (unpaired) electrons. The minimum Gasteiger partial charge on any atom is -0.481 e. The van der Waals surface area contributed by atoms with Gasteiger partial charge < -0.3 is 14.7 Å². The van der Waals surface area contributed by atoms with Crippen LogP contribution in [0.4, 0.5) is 4.79 Å². The fraction of sp³-hybridized carbons (Fsp3) is 0.818. The molecule has 1 atom stereocenters. The Bertz CT molecular complexity index is 265. The Morgan fingerprint density at radius 1 is 1.62 bits per heavy atom. The number of carbonyl (C=O) groups is 2. The number of cyclic esters (lactones) is 1. The van der Waals surface area contributed by atoms with Crippen LogP contribution in [0.25, 0.3) is 0 Å². The highest BCUT2D eigenvalue weighted by molar-refractivity contribution is 5.69. The summed E-state index contributed by atoms with van der Waals surface area (Å²) in [6.45, 7) is 5.08. The molecule has 0 aliphatic carbocycles. The number of nitrogens with zero attached hydrogens (tertiary/aromatic N) is 1. The van der Waals surface area contributed by atoms with E-state index in [-0.39, 0.29) is 18.6 Å². The molecule has 5 nitrogen and oxygen atoms in total. The summed E-state index contributed by atoms with van der Waals surface area (Å²) in [5, 5.41) is 8.64. The standard InChI is InChI=1S/C11H19NO4/c1-8(2)7-12-9(3-4-10(13)14)5-6-16-11(12)15/h8-9H,3-7H2,1-2H3,(H,13,14). The van der Waals surface area contributed by atoms with E-state index in [1.807, 2.05) is 13.8 Å². The molecule has 92 valence electrons. The largest absolute Gasteiger partial charge is 0.481 e. The normalized spacial score (nSPS) is 21.1. The van der Waals surface area contributed by atoms with E-state index in [0.29, 0.717) is 25.5 Å². The smallest absolute Gasteiger partial charge is 0.410 e. The average Bonchev–Trinajstić information content (AvgIpc) is 2.18. The third-order valence-electron chi connectivity index (χ3n) is 2.61. The van der Waals surface area contributed by atoms with E-state index in [1.54, 1.807) is 4.90 Å². The Labute approximate surface area is 95.4 Å². The SMILES string of the molecule is CC(C)CN1C(=O)OCCC1CCC(=O)O. The van der Waals surface area contributed by atoms with Gasteiger partial charge in [-0.05, 0) is 12.3 Å². The first kappa shape index (κ1) is 12.8. The molecule has 1 amide bonds. The van der Waals surface area contributed by atoms with Gasteiger partial charge in [0.15, 0.2) is 0 Å². The molecule has 1 fully saturated rings. The fourth-order valence-electron chi connectivity index (χ4n) is 1.88. The lowest BCUT2D eigenvalue weighted by atomic mass is 10.0. The molecular formula is C11H19NO4. The molecule has 1 unspecified atom stereocenters. The molecule has 0 aromatic rings. The minimum absolute atomic E-state index is 0.0137. The van der Waals surface area contributed by atoms with E-state index in [4.69, 9.17) is 9.84 Å². The van der Waals surface area contributed by atoms with Gasteiger partial charge in [-0.1, -0.05) is 13.8 Å². The van der Waals surface area contributed by atoms with Gasteiger partial charge in [0.25, 0.3) is 0 Å². The summed E-state index contributed by atoms with van der Waals surface area (Å²) >= 11 is 0. The number of amides is 1. The van der Waals surface area contributed by atoms with Gasteiger partial charge in [0.1, 0.15) is 0 Å². The first-order valence-corrected chi connectivity index (χ1v) is 5.66. The maximum Gasteiger partial charge on any atom is 0.410 e. The van der Waals surface area contributed by atoms with Crippen LogP contribution in [-0.2, 0) is 9.53 Å². The van der Waals surface area contributed by atoms with Crippen LogP contribution in [0.3, 0.4) is 0 Å². The summed E-state index contributed by atoms with van der Waals surface area (Å²) in [6.07, 6.45) is 1.03. The number of carboxylic acid groups (broad SMARTS) is 1. The summed E-state index contributed by atoms with van der Waals surface area (Å²) in [4.78, 5) is 23.7. The molecular weight excluding hydrogens is 210 g/mol. The van der Waals surface area contributed by atoms with Crippen molar-refractivity contribution in [3.63, 3.8) is 0 Å². The van der Waals surface area contributed by atoms with Crippen molar-refractivity contribution >= 4 is 12.1 Å². The van der Waals surface area contributed by atoms with Gasteiger partial charge in [0, 0.05) is 25.4 Å². The molecule has 1 saturated heterocycles. The topological polar surface area (TPSA) is 66.8 Å². The van der Waals surface area contributed by atoms with Gasteiger partial charge in [0.05, 0.1) is 6.61 Å². The van der Waals surface area contributed by atoms with Crippen LogP contribution in [-0.4, -0.2) is 41.3 Å². The molecule has 1 aliphatic rings. The van der Waals surface area contributed by atoms with Crippen molar-refractivity contribution in [1.82, 2.24) is 4.90 Å². The molecule has 1 heterocycles. The monoisotopic (exact) mass is 229 g/mol. The van der Waals surface area contributed by atoms with Crippen LogP contribution >= 0.6 is 0 Å². The van der Waals surface area contributed by atoms with Crippen molar-refractivity contribution in [2.45, 2.75) is 39.2 Å². The highest BCUT2D eigenvalue weighted by Crippen LogP contribution is 2.19. The Kier molecular flexibility index (Phi) is 4.58. The quantitative estimate of drug-likeness (QED) is 0.779. The summed E-state index contributed by atoms with van der Waals surface area (Å²) < 4.78 is 4.97. The molecule has 5 heteroatoms. The molecule has 1 aliphatic heterocycles. The van der Waals surface area contributed by atoms with E-state index in [2.05, 4.69) is 0 Å². The van der Waals surface area contributed by atoms with Gasteiger partial charge in [-0.25, -0.2) is 4.79 Å². The van der Waals surface area contributed by atoms with Gasteiger partial charge in [0.2, 0.25) is 0 Å². The number of carboxylic acids is 1. The summed E-state index contributed by atoms with van der Waals surface area (Å²) in [6, 6.07) is 0.0137. The number of aliphatic carboxylic acids is 1. The molecule has 0 aromatic carbocycles. The zero-order chi connectivity index (χ0) is 12.1. The molecule has 0 saturated carbocycles. The zero-order valence-corrected chi connectivity index (χ0v) is 9.81. The Hall–Kier alpha value is -1.26. The minimum atomic E-state index is -0.816. The Morgan fingerprint density at radius 2 is 2.31 bits per heavy atom. The number of hydrogen-bond donors (Lipinski definition) is 1. The van der Waals surface area contributed by atoms with Crippen molar-refractivity contribution in [1.29, 1.82) is 0 Å². The van der Waals surface area contributed by atoms with Crippen LogP contribution < -0.4 is 0 Å². The molecule has 1 rings (SSSR count). The fourth-order valence-corrected chi connectivity index (χ4v) is 1.88. The summed E-state index contributed by atoms with van der Waals surface area (Å²) in [7, 11) is 0. The predicted molar refractivity (Wildman–Crippen MR) is 58.2 cm³/mol. The third kappa shape index (κ3) is 3.72. The van der Waals surface area contributed by atoms with Gasteiger partial charge in [-0.2, -0.15) is 0 Å². The van der Waals surface area contributed by atoms with E-state index in [1.165, 1.54) is 0 Å². The first-order chi connectivity index (χ1) is 7.50. The second-order valence-corrected chi connectivity index (χ2v) is 4.54.